The third-order valence-corrected chi connectivity index (χ3v) is 5.22. The van der Waals surface area contributed by atoms with Gasteiger partial charge < -0.3 is 9.80 Å². The van der Waals surface area contributed by atoms with E-state index in [4.69, 9.17) is 0 Å². The molecule has 2 amide bonds. The molecule has 0 bridgehead atoms. The normalized spacial score (nSPS) is 26.7. The van der Waals surface area contributed by atoms with Gasteiger partial charge in [-0.1, -0.05) is 18.2 Å². The Bertz CT molecular complexity index is 607. The Morgan fingerprint density at radius 3 is 2.45 bits per heavy atom. The maximum atomic E-state index is 12.8. The highest BCUT2D eigenvalue weighted by molar-refractivity contribution is 6.01. The van der Waals surface area contributed by atoms with Gasteiger partial charge in [-0.15, -0.1) is 0 Å². The lowest BCUT2D eigenvalue weighted by Gasteiger charge is -2.29. The fourth-order valence-electron chi connectivity index (χ4n) is 3.88. The van der Waals surface area contributed by atoms with Crippen molar-refractivity contribution in [1.29, 1.82) is 0 Å². The van der Waals surface area contributed by atoms with Gasteiger partial charge in [0.2, 0.25) is 11.8 Å². The third kappa shape index (κ3) is 2.31. The first-order chi connectivity index (χ1) is 10.8. The number of aryl methyl sites for hydroxylation is 1. The smallest absolute Gasteiger partial charge is 0.230 e. The number of hydrogen-bond acceptors (Lipinski definition) is 2. The molecule has 0 aromatic heterocycles. The second-order valence-corrected chi connectivity index (χ2v) is 6.70. The van der Waals surface area contributed by atoms with Crippen LogP contribution in [0.2, 0.25) is 0 Å². The molecule has 2 atom stereocenters. The number of amides is 2. The van der Waals surface area contributed by atoms with Crippen LogP contribution in [0.3, 0.4) is 0 Å². The Morgan fingerprint density at radius 1 is 0.909 bits per heavy atom. The average Bonchev–Trinajstić information content (AvgIpc) is 3.17. The fraction of sp³-hybridized carbons (Fsp3) is 0.556. The molecule has 1 saturated carbocycles. The molecule has 1 aliphatic carbocycles. The van der Waals surface area contributed by atoms with E-state index in [1.165, 1.54) is 5.56 Å². The minimum Gasteiger partial charge on any atom is -0.342 e. The maximum Gasteiger partial charge on any atom is 0.230 e. The minimum absolute atomic E-state index is 0.0558. The summed E-state index contributed by atoms with van der Waals surface area (Å²) in [7, 11) is 0. The molecule has 3 aliphatic rings. The number of nitrogens with zero attached hydrogens (tertiary/aromatic N) is 2. The summed E-state index contributed by atoms with van der Waals surface area (Å²) in [5.41, 5.74) is 2.31. The van der Waals surface area contributed by atoms with E-state index in [2.05, 4.69) is 6.07 Å². The van der Waals surface area contributed by atoms with Crippen LogP contribution in [0.5, 0.6) is 0 Å². The van der Waals surface area contributed by atoms with Crippen LogP contribution >= 0.6 is 0 Å². The molecule has 4 rings (SSSR count). The summed E-state index contributed by atoms with van der Waals surface area (Å²) in [4.78, 5) is 29.1. The van der Waals surface area contributed by atoms with Crippen LogP contribution in [0, 0.1) is 11.8 Å². The summed E-state index contributed by atoms with van der Waals surface area (Å²) in [5.74, 6) is 0.227. The van der Waals surface area contributed by atoms with E-state index in [9.17, 15) is 9.59 Å². The van der Waals surface area contributed by atoms with Crippen molar-refractivity contribution in [2.24, 2.45) is 11.8 Å². The molecule has 1 aromatic rings. The van der Waals surface area contributed by atoms with Crippen LogP contribution in [0.15, 0.2) is 24.3 Å². The van der Waals surface area contributed by atoms with Gasteiger partial charge in [-0.3, -0.25) is 9.59 Å². The first kappa shape index (κ1) is 13.8. The summed E-state index contributed by atoms with van der Waals surface area (Å²) < 4.78 is 0. The summed E-state index contributed by atoms with van der Waals surface area (Å²) in [5, 5.41) is 0. The summed E-state index contributed by atoms with van der Waals surface area (Å²) in [6.45, 7) is 2.54. The van der Waals surface area contributed by atoms with E-state index >= 15 is 0 Å². The number of fused-ring (bicyclic) bond motifs is 1. The molecule has 0 radical (unpaired) electrons. The summed E-state index contributed by atoms with van der Waals surface area (Å²) in [6, 6.07) is 8.16. The van der Waals surface area contributed by atoms with Crippen molar-refractivity contribution in [3.8, 4) is 0 Å². The Labute approximate surface area is 131 Å². The van der Waals surface area contributed by atoms with Crippen molar-refractivity contribution in [3.05, 3.63) is 29.8 Å². The van der Waals surface area contributed by atoms with E-state index in [1.807, 2.05) is 28.0 Å². The predicted molar refractivity (Wildman–Crippen MR) is 84.5 cm³/mol. The Hall–Kier alpha value is -1.84. The van der Waals surface area contributed by atoms with Gasteiger partial charge in [0.15, 0.2) is 0 Å². The third-order valence-electron chi connectivity index (χ3n) is 5.22. The molecule has 2 fully saturated rings. The van der Waals surface area contributed by atoms with Gasteiger partial charge in [0, 0.05) is 25.3 Å². The predicted octanol–water partition coefficient (Wildman–Crippen LogP) is 2.22. The highest BCUT2D eigenvalue weighted by Crippen LogP contribution is 2.43. The zero-order valence-electron chi connectivity index (χ0n) is 12.8. The minimum atomic E-state index is -0.0840. The largest absolute Gasteiger partial charge is 0.342 e. The number of benzene rings is 1. The lowest BCUT2D eigenvalue weighted by Crippen LogP contribution is -2.38. The highest BCUT2D eigenvalue weighted by Gasteiger charge is 2.51. The average molecular weight is 298 g/mol. The standard InChI is InChI=1S/C18H22N2O2/c21-17(19-9-3-4-10-19)14-12-15(14)18(22)20-11-5-7-13-6-1-2-8-16(13)20/h1-2,6,8,14-15H,3-5,7,9-12H2. The quantitative estimate of drug-likeness (QED) is 0.840. The van der Waals surface area contributed by atoms with Crippen LogP contribution in [0.1, 0.15) is 31.2 Å². The molecule has 1 aromatic carbocycles. The lowest BCUT2D eigenvalue weighted by atomic mass is 10.0. The van der Waals surface area contributed by atoms with Gasteiger partial charge in [0.05, 0.1) is 11.8 Å². The molecule has 2 unspecified atom stereocenters. The topological polar surface area (TPSA) is 40.6 Å². The van der Waals surface area contributed by atoms with Crippen molar-refractivity contribution in [2.45, 2.75) is 32.1 Å². The molecule has 116 valence electrons. The molecule has 2 heterocycles. The van der Waals surface area contributed by atoms with Gasteiger partial charge in [0.1, 0.15) is 0 Å². The maximum absolute atomic E-state index is 12.8. The Morgan fingerprint density at radius 2 is 1.64 bits per heavy atom. The van der Waals surface area contributed by atoms with E-state index in [-0.39, 0.29) is 23.7 Å². The molecule has 4 nitrogen and oxygen atoms in total. The van der Waals surface area contributed by atoms with Crippen LogP contribution in [0.25, 0.3) is 0 Å². The highest BCUT2D eigenvalue weighted by atomic mass is 16.2. The number of likely N-dealkylation sites (tertiary alicyclic amines) is 1. The molecule has 2 aliphatic heterocycles. The zero-order valence-corrected chi connectivity index (χ0v) is 12.8. The number of para-hydroxylation sites is 1. The van der Waals surface area contributed by atoms with Crippen LogP contribution in [-0.4, -0.2) is 36.3 Å². The van der Waals surface area contributed by atoms with Crippen LogP contribution in [-0.2, 0) is 16.0 Å². The molecule has 0 spiro atoms. The first-order valence-electron chi connectivity index (χ1n) is 8.44. The lowest BCUT2D eigenvalue weighted by molar-refractivity contribution is -0.133. The second kappa shape index (κ2) is 5.41. The van der Waals surface area contributed by atoms with Crippen molar-refractivity contribution < 1.29 is 9.59 Å². The molecule has 22 heavy (non-hydrogen) atoms. The van der Waals surface area contributed by atoms with Gasteiger partial charge in [-0.25, -0.2) is 0 Å². The second-order valence-electron chi connectivity index (χ2n) is 6.70. The van der Waals surface area contributed by atoms with Crippen molar-refractivity contribution in [2.75, 3.05) is 24.5 Å². The summed E-state index contributed by atoms with van der Waals surface area (Å²) in [6.07, 6.45) is 5.01. The van der Waals surface area contributed by atoms with Gasteiger partial charge >= 0.3 is 0 Å². The van der Waals surface area contributed by atoms with Crippen LogP contribution in [0.4, 0.5) is 5.69 Å². The number of carbonyl (C=O) groups excluding carboxylic acids is 2. The zero-order chi connectivity index (χ0) is 15.1. The number of anilines is 1. The van der Waals surface area contributed by atoms with Crippen molar-refractivity contribution >= 4 is 17.5 Å². The molecular weight excluding hydrogens is 276 g/mol. The Kier molecular flexibility index (Phi) is 3.40. The Balaban J connectivity index is 1.47. The SMILES string of the molecule is O=C(C1CC1C(=O)N1CCCc2ccccc21)N1CCCC1. The number of rotatable bonds is 2. The van der Waals surface area contributed by atoms with Gasteiger partial charge in [-0.05, 0) is 43.7 Å². The molecule has 1 saturated heterocycles. The van der Waals surface area contributed by atoms with E-state index in [1.54, 1.807) is 0 Å². The van der Waals surface area contributed by atoms with E-state index in [0.29, 0.717) is 0 Å². The molecular formula is C18H22N2O2. The molecule has 0 N–H and O–H groups in total. The van der Waals surface area contributed by atoms with Crippen molar-refractivity contribution in [3.63, 3.8) is 0 Å². The first-order valence-corrected chi connectivity index (χ1v) is 8.44. The summed E-state index contributed by atoms with van der Waals surface area (Å²) >= 11 is 0. The molecule has 4 heteroatoms. The number of hydrogen-bond donors (Lipinski definition) is 0. The number of carbonyl (C=O) groups is 2. The fourth-order valence-corrected chi connectivity index (χ4v) is 3.88. The monoisotopic (exact) mass is 298 g/mol. The van der Waals surface area contributed by atoms with Crippen LogP contribution < -0.4 is 4.90 Å². The van der Waals surface area contributed by atoms with Gasteiger partial charge in [0.25, 0.3) is 0 Å². The van der Waals surface area contributed by atoms with E-state index < -0.39 is 0 Å². The van der Waals surface area contributed by atoms with E-state index in [0.717, 1.165) is 57.4 Å². The van der Waals surface area contributed by atoms with Gasteiger partial charge in [-0.2, -0.15) is 0 Å². The van der Waals surface area contributed by atoms with Crippen molar-refractivity contribution in [1.82, 2.24) is 4.90 Å².